The van der Waals surface area contributed by atoms with E-state index in [-0.39, 0.29) is 17.9 Å². The molecule has 0 amide bonds. The predicted octanol–water partition coefficient (Wildman–Crippen LogP) is 0.341. The number of hydrogen-bond acceptors (Lipinski definition) is 3. The molecule has 11 heavy (non-hydrogen) atoms. The average molecular weight is 157 g/mol. The summed E-state index contributed by atoms with van der Waals surface area (Å²) < 4.78 is 5.26. The van der Waals surface area contributed by atoms with Crippen LogP contribution >= 0.6 is 0 Å². The Morgan fingerprint density at radius 3 is 2.55 bits per heavy atom. The number of epoxide rings is 1. The summed E-state index contributed by atoms with van der Waals surface area (Å²) in [5.74, 6) is 0.215. The molecule has 1 rings (SSSR count). The molecule has 64 valence electrons. The highest BCUT2D eigenvalue weighted by Gasteiger charge is 2.40. The van der Waals surface area contributed by atoms with Gasteiger partial charge in [-0.25, -0.2) is 0 Å². The number of rotatable bonds is 4. The lowest BCUT2D eigenvalue weighted by Crippen LogP contribution is -2.33. The van der Waals surface area contributed by atoms with Crippen molar-refractivity contribution in [1.29, 1.82) is 0 Å². The second-order valence-corrected chi connectivity index (χ2v) is 3.11. The van der Waals surface area contributed by atoms with Gasteiger partial charge in [0.05, 0.1) is 12.2 Å². The standard InChI is InChI=1S/C8H15NO2/c1-5(10)4-7(9-3)8-6(2)11-8/h6-9H,4H2,1-3H3. The van der Waals surface area contributed by atoms with Crippen molar-refractivity contribution in [3.63, 3.8) is 0 Å². The zero-order chi connectivity index (χ0) is 8.43. The lowest BCUT2D eigenvalue weighted by molar-refractivity contribution is -0.117. The second kappa shape index (κ2) is 3.32. The molecular weight excluding hydrogens is 142 g/mol. The summed E-state index contributed by atoms with van der Waals surface area (Å²) >= 11 is 0. The Morgan fingerprint density at radius 1 is 1.73 bits per heavy atom. The first-order chi connectivity index (χ1) is 5.15. The molecule has 1 aliphatic rings. The van der Waals surface area contributed by atoms with Gasteiger partial charge in [0.1, 0.15) is 5.78 Å². The molecule has 0 aromatic rings. The van der Waals surface area contributed by atoms with Gasteiger partial charge in [0.15, 0.2) is 0 Å². The van der Waals surface area contributed by atoms with E-state index in [4.69, 9.17) is 4.74 Å². The van der Waals surface area contributed by atoms with Crippen LogP contribution in [0.2, 0.25) is 0 Å². The van der Waals surface area contributed by atoms with E-state index >= 15 is 0 Å². The van der Waals surface area contributed by atoms with Gasteiger partial charge in [-0.05, 0) is 20.9 Å². The molecule has 3 heteroatoms. The van der Waals surface area contributed by atoms with Crippen LogP contribution in [0, 0.1) is 0 Å². The highest BCUT2D eigenvalue weighted by atomic mass is 16.6. The highest BCUT2D eigenvalue weighted by Crippen LogP contribution is 2.25. The normalized spacial score (nSPS) is 31.5. The average Bonchev–Trinajstić information content (AvgIpc) is 2.61. The van der Waals surface area contributed by atoms with E-state index in [1.54, 1.807) is 6.92 Å². The molecule has 1 fully saturated rings. The minimum Gasteiger partial charge on any atom is -0.368 e. The van der Waals surface area contributed by atoms with Gasteiger partial charge in [-0.2, -0.15) is 0 Å². The van der Waals surface area contributed by atoms with Crippen molar-refractivity contribution < 1.29 is 9.53 Å². The molecular formula is C8H15NO2. The van der Waals surface area contributed by atoms with Crippen LogP contribution in [0.5, 0.6) is 0 Å². The smallest absolute Gasteiger partial charge is 0.131 e. The summed E-state index contributed by atoms with van der Waals surface area (Å²) in [6, 6.07) is 0.211. The minimum absolute atomic E-state index is 0.211. The maximum Gasteiger partial charge on any atom is 0.131 e. The Morgan fingerprint density at radius 2 is 2.27 bits per heavy atom. The lowest BCUT2D eigenvalue weighted by atomic mass is 10.1. The predicted molar refractivity (Wildman–Crippen MR) is 42.5 cm³/mol. The number of ketones is 1. The first-order valence-electron chi connectivity index (χ1n) is 3.97. The molecule has 0 saturated carbocycles. The molecule has 1 N–H and O–H groups in total. The van der Waals surface area contributed by atoms with Gasteiger partial charge >= 0.3 is 0 Å². The fourth-order valence-corrected chi connectivity index (χ4v) is 1.32. The van der Waals surface area contributed by atoms with Crippen LogP contribution in [0.25, 0.3) is 0 Å². The molecule has 3 nitrogen and oxygen atoms in total. The number of nitrogens with one attached hydrogen (secondary N) is 1. The van der Waals surface area contributed by atoms with Crippen molar-refractivity contribution in [3.8, 4) is 0 Å². The Hall–Kier alpha value is -0.410. The topological polar surface area (TPSA) is 41.6 Å². The van der Waals surface area contributed by atoms with E-state index in [0.717, 1.165) is 0 Å². The Labute approximate surface area is 67.1 Å². The molecule has 3 unspecified atom stereocenters. The van der Waals surface area contributed by atoms with Crippen LogP contribution in [-0.4, -0.2) is 31.1 Å². The second-order valence-electron chi connectivity index (χ2n) is 3.11. The van der Waals surface area contributed by atoms with Gasteiger partial charge in [0, 0.05) is 12.5 Å². The lowest BCUT2D eigenvalue weighted by Gasteiger charge is -2.10. The Kier molecular flexibility index (Phi) is 2.62. The third kappa shape index (κ3) is 2.27. The van der Waals surface area contributed by atoms with E-state index in [0.29, 0.717) is 12.5 Å². The summed E-state index contributed by atoms with van der Waals surface area (Å²) in [7, 11) is 1.86. The molecule has 0 bridgehead atoms. The Bertz CT molecular complexity index is 158. The van der Waals surface area contributed by atoms with Gasteiger partial charge < -0.3 is 10.1 Å². The Balaban J connectivity index is 2.32. The van der Waals surface area contributed by atoms with Crippen LogP contribution in [-0.2, 0) is 9.53 Å². The summed E-state index contributed by atoms with van der Waals surface area (Å²) in [5.41, 5.74) is 0. The number of carbonyl (C=O) groups excluding carboxylic acids is 1. The van der Waals surface area contributed by atoms with E-state index in [1.807, 2.05) is 14.0 Å². The van der Waals surface area contributed by atoms with Crippen molar-refractivity contribution in [3.05, 3.63) is 0 Å². The highest BCUT2D eigenvalue weighted by molar-refractivity contribution is 5.76. The van der Waals surface area contributed by atoms with Crippen molar-refractivity contribution in [2.45, 2.75) is 38.5 Å². The van der Waals surface area contributed by atoms with Crippen molar-refractivity contribution in [1.82, 2.24) is 5.32 Å². The molecule has 0 radical (unpaired) electrons. The van der Waals surface area contributed by atoms with Gasteiger partial charge in [-0.1, -0.05) is 0 Å². The largest absolute Gasteiger partial charge is 0.368 e. The third-order valence-corrected chi connectivity index (χ3v) is 2.03. The van der Waals surface area contributed by atoms with Gasteiger partial charge in [-0.3, -0.25) is 4.79 Å². The van der Waals surface area contributed by atoms with Crippen LogP contribution in [0.3, 0.4) is 0 Å². The van der Waals surface area contributed by atoms with E-state index in [2.05, 4.69) is 5.32 Å². The van der Waals surface area contributed by atoms with Gasteiger partial charge in [0.2, 0.25) is 0 Å². The summed E-state index contributed by atoms with van der Waals surface area (Å²) in [4.78, 5) is 10.8. The molecule has 0 aromatic carbocycles. The number of likely N-dealkylation sites (N-methyl/N-ethyl adjacent to an activating group) is 1. The number of ether oxygens (including phenoxy) is 1. The monoisotopic (exact) mass is 157 g/mol. The van der Waals surface area contributed by atoms with E-state index in [1.165, 1.54) is 0 Å². The molecule has 1 aliphatic heterocycles. The first-order valence-corrected chi connectivity index (χ1v) is 3.97. The summed E-state index contributed by atoms with van der Waals surface area (Å²) in [6.07, 6.45) is 1.15. The van der Waals surface area contributed by atoms with Crippen LogP contribution in [0.4, 0.5) is 0 Å². The maximum absolute atomic E-state index is 10.8. The van der Waals surface area contributed by atoms with Crippen LogP contribution < -0.4 is 5.32 Å². The van der Waals surface area contributed by atoms with Crippen molar-refractivity contribution in [2.75, 3.05) is 7.05 Å². The van der Waals surface area contributed by atoms with Crippen LogP contribution in [0.15, 0.2) is 0 Å². The molecule has 3 atom stereocenters. The number of Topliss-reactive ketones (excluding diaryl/α,β-unsaturated/α-hetero) is 1. The van der Waals surface area contributed by atoms with Gasteiger partial charge in [-0.15, -0.1) is 0 Å². The minimum atomic E-state index is 0.211. The molecule has 1 saturated heterocycles. The van der Waals surface area contributed by atoms with Crippen molar-refractivity contribution >= 4 is 5.78 Å². The third-order valence-electron chi connectivity index (χ3n) is 2.03. The molecule has 0 spiro atoms. The fourth-order valence-electron chi connectivity index (χ4n) is 1.32. The number of hydrogen-bond donors (Lipinski definition) is 1. The molecule has 0 aromatic heterocycles. The zero-order valence-electron chi connectivity index (χ0n) is 7.26. The fraction of sp³-hybridized carbons (Fsp3) is 0.875. The summed E-state index contributed by atoms with van der Waals surface area (Å²) in [6.45, 7) is 3.63. The van der Waals surface area contributed by atoms with E-state index in [9.17, 15) is 4.79 Å². The molecule has 1 heterocycles. The first kappa shape index (κ1) is 8.68. The summed E-state index contributed by atoms with van der Waals surface area (Å²) in [5, 5.41) is 3.08. The van der Waals surface area contributed by atoms with Crippen molar-refractivity contribution in [2.24, 2.45) is 0 Å². The van der Waals surface area contributed by atoms with Gasteiger partial charge in [0.25, 0.3) is 0 Å². The molecule has 0 aliphatic carbocycles. The van der Waals surface area contributed by atoms with Crippen LogP contribution in [0.1, 0.15) is 20.3 Å². The van der Waals surface area contributed by atoms with E-state index < -0.39 is 0 Å². The number of carbonyl (C=O) groups is 1. The maximum atomic E-state index is 10.8. The quantitative estimate of drug-likeness (QED) is 0.598. The SMILES string of the molecule is CNC(CC(C)=O)C1OC1C. The zero-order valence-corrected chi connectivity index (χ0v) is 7.26.